The van der Waals surface area contributed by atoms with Gasteiger partial charge in [0.2, 0.25) is 0 Å². The third kappa shape index (κ3) is 5.06. The fourth-order valence-corrected chi connectivity index (χ4v) is 6.88. The van der Waals surface area contributed by atoms with Gasteiger partial charge in [-0.1, -0.05) is 29.3 Å². The van der Waals surface area contributed by atoms with E-state index in [2.05, 4.69) is 10.3 Å². The molecule has 2 aliphatic heterocycles. The first-order valence-electron chi connectivity index (χ1n) is 12.4. The van der Waals surface area contributed by atoms with Crippen LogP contribution >= 0.6 is 23.2 Å². The minimum atomic E-state index is -1.44. The van der Waals surface area contributed by atoms with Crippen molar-refractivity contribution < 1.29 is 13.8 Å². The smallest absolute Gasteiger partial charge is 0.256 e. The minimum absolute atomic E-state index is 0.0278. The molecular formula is C28H28Cl2N4O3S. The lowest BCUT2D eigenvalue weighted by Gasteiger charge is -2.30. The van der Waals surface area contributed by atoms with Crippen LogP contribution in [0.15, 0.2) is 41.3 Å². The highest BCUT2D eigenvalue weighted by molar-refractivity contribution is 7.84. The molecule has 3 heterocycles. The van der Waals surface area contributed by atoms with Crippen molar-refractivity contribution in [3.05, 3.63) is 80.1 Å². The van der Waals surface area contributed by atoms with E-state index >= 15 is 0 Å². The Morgan fingerprint density at radius 2 is 1.84 bits per heavy atom. The van der Waals surface area contributed by atoms with Gasteiger partial charge in [0.05, 0.1) is 27.7 Å². The van der Waals surface area contributed by atoms with Crippen LogP contribution in [0.25, 0.3) is 11.6 Å². The Morgan fingerprint density at radius 3 is 2.53 bits per heavy atom. The van der Waals surface area contributed by atoms with Gasteiger partial charge in [0.25, 0.3) is 11.8 Å². The number of likely N-dealkylation sites (tertiary alicyclic amines) is 1. The molecule has 3 aromatic rings. The summed E-state index contributed by atoms with van der Waals surface area (Å²) in [7, 11) is -1.44. The molecule has 1 unspecified atom stereocenters. The van der Waals surface area contributed by atoms with E-state index < -0.39 is 10.8 Å². The SMILES string of the molecule is Cc1[nH]c(/C=C2\C(=O)Nc3ccc(S(=O)Cc4c(Cl)cccc4Cl)cc32)c(C)c1C(=O)N1CCC(N)CC1. The summed E-state index contributed by atoms with van der Waals surface area (Å²) in [6.45, 7) is 5.01. The lowest BCUT2D eigenvalue weighted by atomic mass is 10.0. The fraction of sp³-hybridized carbons (Fsp3) is 0.286. The summed E-state index contributed by atoms with van der Waals surface area (Å²) in [4.78, 5) is 31.9. The number of halogens is 2. The molecular weight excluding hydrogens is 543 g/mol. The lowest BCUT2D eigenvalue weighted by Crippen LogP contribution is -2.43. The van der Waals surface area contributed by atoms with E-state index in [1.165, 1.54) is 0 Å². The number of aromatic nitrogens is 1. The average molecular weight is 572 g/mol. The Morgan fingerprint density at radius 1 is 1.16 bits per heavy atom. The van der Waals surface area contributed by atoms with Crippen LogP contribution in [0.1, 0.15) is 51.3 Å². The van der Waals surface area contributed by atoms with Crippen molar-refractivity contribution in [1.29, 1.82) is 0 Å². The van der Waals surface area contributed by atoms with E-state index in [0.29, 0.717) is 61.7 Å². The molecule has 4 N–H and O–H groups in total. The van der Waals surface area contributed by atoms with Gasteiger partial charge in [0, 0.05) is 62.3 Å². The number of hydrogen-bond acceptors (Lipinski definition) is 4. The molecule has 2 aromatic carbocycles. The summed E-state index contributed by atoms with van der Waals surface area (Å²) >= 11 is 12.6. The number of hydrogen-bond donors (Lipinski definition) is 3. The lowest BCUT2D eigenvalue weighted by molar-refractivity contribution is -0.110. The molecule has 1 atom stereocenters. The number of H-pyrrole nitrogens is 1. The van der Waals surface area contributed by atoms with Crippen LogP contribution in [0, 0.1) is 13.8 Å². The summed E-state index contributed by atoms with van der Waals surface area (Å²) in [6.07, 6.45) is 3.33. The van der Waals surface area contributed by atoms with Crippen LogP contribution in [0.3, 0.4) is 0 Å². The Bertz CT molecular complexity index is 1490. The molecule has 10 heteroatoms. The van der Waals surface area contributed by atoms with Gasteiger partial charge in [0.15, 0.2) is 0 Å². The number of nitrogens with one attached hydrogen (secondary N) is 2. The first kappa shape index (κ1) is 26.7. The van der Waals surface area contributed by atoms with Gasteiger partial charge < -0.3 is 20.9 Å². The van der Waals surface area contributed by atoms with E-state index in [9.17, 15) is 13.8 Å². The maximum atomic E-state index is 13.3. The predicted octanol–water partition coefficient (Wildman–Crippen LogP) is 5.30. The van der Waals surface area contributed by atoms with Crippen molar-refractivity contribution in [3.63, 3.8) is 0 Å². The standard InChI is InChI=1S/C28H28Cl2N4O3S/c1-15-25(32-16(2)26(15)28(36)34-10-8-17(31)9-11-34)13-20-19-12-18(6-7-24(19)33-27(20)35)38(37)14-21-22(29)4-3-5-23(21)30/h3-7,12-13,17,32H,8-11,14,31H2,1-2H3,(H,33,35)/b20-13-. The second kappa shape index (κ2) is 10.7. The van der Waals surface area contributed by atoms with Gasteiger partial charge in [-0.25, -0.2) is 0 Å². The zero-order valence-corrected chi connectivity index (χ0v) is 23.4. The zero-order valence-electron chi connectivity index (χ0n) is 21.1. The Balaban J connectivity index is 1.45. The summed E-state index contributed by atoms with van der Waals surface area (Å²) in [5.74, 6) is -0.138. The van der Waals surface area contributed by atoms with Gasteiger partial charge in [-0.15, -0.1) is 0 Å². The van der Waals surface area contributed by atoms with Crippen LogP contribution in [-0.4, -0.2) is 45.0 Å². The fourth-order valence-electron chi connectivity index (χ4n) is 4.98. The van der Waals surface area contributed by atoms with Crippen molar-refractivity contribution in [1.82, 2.24) is 9.88 Å². The number of nitrogens with two attached hydrogens (primary N) is 1. The molecule has 2 aliphatic rings. The number of fused-ring (bicyclic) bond motifs is 1. The Kier molecular flexibility index (Phi) is 7.51. The second-order valence-electron chi connectivity index (χ2n) is 9.70. The number of carbonyl (C=O) groups is 2. The van der Waals surface area contributed by atoms with Crippen molar-refractivity contribution in [2.24, 2.45) is 5.73 Å². The van der Waals surface area contributed by atoms with Gasteiger partial charge in [0.1, 0.15) is 0 Å². The molecule has 0 aliphatic carbocycles. The van der Waals surface area contributed by atoms with Gasteiger partial charge in [-0.3, -0.25) is 13.8 Å². The van der Waals surface area contributed by atoms with Crippen molar-refractivity contribution in [2.75, 3.05) is 18.4 Å². The van der Waals surface area contributed by atoms with E-state index in [4.69, 9.17) is 28.9 Å². The summed E-state index contributed by atoms with van der Waals surface area (Å²) in [5.41, 5.74) is 11.2. The number of amides is 2. The molecule has 0 radical (unpaired) electrons. The van der Waals surface area contributed by atoms with Crippen LogP contribution in [0.5, 0.6) is 0 Å². The van der Waals surface area contributed by atoms with Crippen molar-refractivity contribution >= 4 is 63.2 Å². The van der Waals surface area contributed by atoms with Crippen molar-refractivity contribution in [3.8, 4) is 0 Å². The number of benzene rings is 2. The average Bonchev–Trinajstić information content (AvgIpc) is 3.35. The predicted molar refractivity (Wildman–Crippen MR) is 153 cm³/mol. The quantitative estimate of drug-likeness (QED) is 0.361. The van der Waals surface area contributed by atoms with Gasteiger partial charge >= 0.3 is 0 Å². The molecule has 38 heavy (non-hydrogen) atoms. The molecule has 198 valence electrons. The molecule has 0 bridgehead atoms. The summed E-state index contributed by atoms with van der Waals surface area (Å²) < 4.78 is 13.2. The number of rotatable bonds is 5. The first-order chi connectivity index (χ1) is 18.1. The molecule has 2 amide bonds. The Labute approximate surface area is 233 Å². The summed E-state index contributed by atoms with van der Waals surface area (Å²) in [6, 6.07) is 10.5. The number of anilines is 1. The summed E-state index contributed by atoms with van der Waals surface area (Å²) in [5, 5.41) is 3.79. The third-order valence-corrected chi connectivity index (χ3v) is 9.22. The maximum Gasteiger partial charge on any atom is 0.256 e. The van der Waals surface area contributed by atoms with Crippen LogP contribution < -0.4 is 11.1 Å². The number of piperidine rings is 1. The molecule has 0 saturated carbocycles. The topological polar surface area (TPSA) is 108 Å². The molecule has 1 saturated heterocycles. The highest BCUT2D eigenvalue weighted by Crippen LogP contribution is 2.36. The Hall–Kier alpha value is -2.91. The van der Waals surface area contributed by atoms with Crippen molar-refractivity contribution in [2.45, 2.75) is 43.4 Å². The van der Waals surface area contributed by atoms with Gasteiger partial charge in [-0.05, 0) is 68.7 Å². The minimum Gasteiger partial charge on any atom is -0.358 e. The normalized spacial score (nSPS) is 17.6. The molecule has 5 rings (SSSR count). The van der Waals surface area contributed by atoms with Crippen LogP contribution in [-0.2, 0) is 21.3 Å². The number of nitrogens with zero attached hydrogens (tertiary/aromatic N) is 1. The third-order valence-electron chi connectivity index (χ3n) is 7.18. The van der Waals surface area contributed by atoms with Crippen LogP contribution in [0.4, 0.5) is 5.69 Å². The maximum absolute atomic E-state index is 13.3. The molecule has 1 aromatic heterocycles. The number of carbonyl (C=O) groups excluding carboxylic acids is 2. The molecule has 1 fully saturated rings. The largest absolute Gasteiger partial charge is 0.358 e. The second-order valence-corrected chi connectivity index (χ2v) is 12.0. The van der Waals surface area contributed by atoms with E-state index in [-0.39, 0.29) is 23.6 Å². The van der Waals surface area contributed by atoms with Gasteiger partial charge in [-0.2, -0.15) is 0 Å². The van der Waals surface area contributed by atoms with E-state index in [1.54, 1.807) is 42.5 Å². The number of aromatic amines is 1. The monoisotopic (exact) mass is 570 g/mol. The molecule has 7 nitrogen and oxygen atoms in total. The highest BCUT2D eigenvalue weighted by Gasteiger charge is 2.29. The molecule has 0 spiro atoms. The van der Waals surface area contributed by atoms with E-state index in [1.807, 2.05) is 18.7 Å². The zero-order chi connectivity index (χ0) is 27.1. The first-order valence-corrected chi connectivity index (χ1v) is 14.4. The van der Waals surface area contributed by atoms with Crippen LogP contribution in [0.2, 0.25) is 10.0 Å². The highest BCUT2D eigenvalue weighted by atomic mass is 35.5. The van der Waals surface area contributed by atoms with E-state index in [0.717, 1.165) is 24.1 Å². The number of aryl methyl sites for hydroxylation is 1.